The second kappa shape index (κ2) is 10.6. The Balaban J connectivity index is 1.53. The first-order valence-corrected chi connectivity index (χ1v) is 10.2. The number of nitrogens with zero attached hydrogens (tertiary/aromatic N) is 3. The standard InChI is InChI=1S/C26H20N4O3/c27-14-21-15-28-26(29-16-21)30-25(31)22-11-23(32-17-19-7-3-1-4-8-19)13-24(12-22)33-18-20-9-5-2-6-10-20/h1-13,15-16H,17-18H2,(H,28,29,30,31). The topological polar surface area (TPSA) is 97.1 Å². The Labute approximate surface area is 191 Å². The summed E-state index contributed by atoms with van der Waals surface area (Å²) in [6, 6.07) is 26.5. The average molecular weight is 436 g/mol. The fraction of sp³-hybridized carbons (Fsp3) is 0.0769. The molecule has 162 valence electrons. The third kappa shape index (κ3) is 6.15. The number of amides is 1. The highest BCUT2D eigenvalue weighted by Gasteiger charge is 2.13. The van der Waals surface area contributed by atoms with Gasteiger partial charge in [-0.3, -0.25) is 10.1 Å². The summed E-state index contributed by atoms with van der Waals surface area (Å²) in [7, 11) is 0. The maximum atomic E-state index is 12.9. The smallest absolute Gasteiger partial charge is 0.258 e. The molecule has 1 heterocycles. The van der Waals surface area contributed by atoms with Gasteiger partial charge >= 0.3 is 0 Å². The Kier molecular flexibility index (Phi) is 6.88. The normalized spacial score (nSPS) is 10.2. The van der Waals surface area contributed by atoms with Gasteiger partial charge in [-0.15, -0.1) is 0 Å². The second-order valence-corrected chi connectivity index (χ2v) is 7.10. The van der Waals surface area contributed by atoms with Gasteiger partial charge in [0.1, 0.15) is 30.8 Å². The molecule has 0 bridgehead atoms. The van der Waals surface area contributed by atoms with Gasteiger partial charge in [0.2, 0.25) is 5.95 Å². The largest absolute Gasteiger partial charge is 0.489 e. The SMILES string of the molecule is N#Cc1cnc(NC(=O)c2cc(OCc3ccccc3)cc(OCc3ccccc3)c2)nc1. The summed E-state index contributed by atoms with van der Waals surface area (Å²) >= 11 is 0. The molecule has 0 fully saturated rings. The van der Waals surface area contributed by atoms with Gasteiger partial charge in [-0.05, 0) is 23.3 Å². The van der Waals surface area contributed by atoms with Crippen molar-refractivity contribution in [2.24, 2.45) is 0 Å². The predicted molar refractivity (Wildman–Crippen MR) is 123 cm³/mol. The van der Waals surface area contributed by atoms with Crippen LogP contribution in [0.15, 0.2) is 91.3 Å². The van der Waals surface area contributed by atoms with Crippen molar-refractivity contribution in [3.63, 3.8) is 0 Å². The molecule has 7 heteroatoms. The van der Waals surface area contributed by atoms with Gasteiger partial charge < -0.3 is 9.47 Å². The molecular formula is C26H20N4O3. The fourth-order valence-corrected chi connectivity index (χ4v) is 2.98. The van der Waals surface area contributed by atoms with E-state index >= 15 is 0 Å². The minimum atomic E-state index is -0.422. The van der Waals surface area contributed by atoms with E-state index in [1.165, 1.54) is 12.4 Å². The van der Waals surface area contributed by atoms with E-state index in [1.54, 1.807) is 18.2 Å². The molecule has 0 radical (unpaired) electrons. The number of nitriles is 1. The lowest BCUT2D eigenvalue weighted by Gasteiger charge is -2.13. The minimum Gasteiger partial charge on any atom is -0.489 e. The van der Waals surface area contributed by atoms with Crippen LogP contribution in [0.1, 0.15) is 27.0 Å². The monoisotopic (exact) mass is 436 g/mol. The summed E-state index contributed by atoms with van der Waals surface area (Å²) in [6.45, 7) is 0.700. The van der Waals surface area contributed by atoms with E-state index in [2.05, 4.69) is 15.3 Å². The van der Waals surface area contributed by atoms with E-state index in [0.29, 0.717) is 35.8 Å². The van der Waals surface area contributed by atoms with E-state index in [-0.39, 0.29) is 5.95 Å². The molecule has 1 aromatic heterocycles. The molecule has 0 saturated carbocycles. The summed E-state index contributed by atoms with van der Waals surface area (Å²) in [5.41, 5.74) is 2.65. The lowest BCUT2D eigenvalue weighted by atomic mass is 10.2. The number of rotatable bonds is 8. The van der Waals surface area contributed by atoms with Crippen LogP contribution in [0.2, 0.25) is 0 Å². The maximum absolute atomic E-state index is 12.9. The van der Waals surface area contributed by atoms with Gasteiger partial charge in [-0.1, -0.05) is 60.7 Å². The minimum absolute atomic E-state index is 0.0985. The molecule has 0 aliphatic heterocycles. The number of ether oxygens (including phenoxy) is 2. The maximum Gasteiger partial charge on any atom is 0.258 e. The molecule has 0 saturated heterocycles. The average Bonchev–Trinajstić information content (AvgIpc) is 2.88. The van der Waals surface area contributed by atoms with Gasteiger partial charge in [-0.2, -0.15) is 5.26 Å². The van der Waals surface area contributed by atoms with Crippen LogP contribution in [0.25, 0.3) is 0 Å². The number of anilines is 1. The van der Waals surface area contributed by atoms with E-state index < -0.39 is 5.91 Å². The van der Waals surface area contributed by atoms with Crippen LogP contribution in [0.4, 0.5) is 5.95 Å². The third-order valence-electron chi connectivity index (χ3n) is 4.65. The number of nitrogens with one attached hydrogen (secondary N) is 1. The van der Waals surface area contributed by atoms with Crippen LogP contribution >= 0.6 is 0 Å². The molecule has 4 rings (SSSR count). The Hall–Kier alpha value is -4.70. The zero-order valence-corrected chi connectivity index (χ0v) is 17.6. The Morgan fingerprint density at radius 1 is 0.818 bits per heavy atom. The van der Waals surface area contributed by atoms with Gasteiger partial charge in [0.25, 0.3) is 5.91 Å². The molecule has 0 unspecified atom stereocenters. The van der Waals surface area contributed by atoms with Gasteiger partial charge in [0.05, 0.1) is 18.0 Å². The molecule has 1 N–H and O–H groups in total. The van der Waals surface area contributed by atoms with Crippen LogP contribution in [0, 0.1) is 11.3 Å². The highest BCUT2D eigenvalue weighted by molar-refractivity contribution is 6.03. The van der Waals surface area contributed by atoms with Crippen LogP contribution in [-0.4, -0.2) is 15.9 Å². The molecule has 0 aliphatic rings. The van der Waals surface area contributed by atoms with Crippen molar-refractivity contribution in [2.75, 3.05) is 5.32 Å². The molecule has 7 nitrogen and oxygen atoms in total. The molecule has 33 heavy (non-hydrogen) atoms. The first-order valence-electron chi connectivity index (χ1n) is 10.2. The number of carbonyl (C=O) groups excluding carboxylic acids is 1. The number of hydrogen-bond donors (Lipinski definition) is 1. The predicted octanol–water partition coefficient (Wildman–Crippen LogP) is 4.76. The Morgan fingerprint density at radius 2 is 1.33 bits per heavy atom. The lowest BCUT2D eigenvalue weighted by molar-refractivity contribution is 0.102. The first-order chi connectivity index (χ1) is 16.2. The number of carbonyl (C=O) groups is 1. The van der Waals surface area contributed by atoms with Crippen LogP contribution in [-0.2, 0) is 13.2 Å². The first kappa shape index (κ1) is 21.5. The van der Waals surface area contributed by atoms with E-state index in [4.69, 9.17) is 14.7 Å². The second-order valence-electron chi connectivity index (χ2n) is 7.10. The Bertz CT molecular complexity index is 1190. The molecule has 1 amide bonds. The van der Waals surface area contributed by atoms with Crippen molar-refractivity contribution in [1.29, 1.82) is 5.26 Å². The van der Waals surface area contributed by atoms with Gasteiger partial charge in [0, 0.05) is 11.6 Å². The van der Waals surface area contributed by atoms with Crippen molar-refractivity contribution < 1.29 is 14.3 Å². The van der Waals surface area contributed by atoms with Crippen LogP contribution in [0.3, 0.4) is 0 Å². The zero-order chi connectivity index (χ0) is 22.9. The van der Waals surface area contributed by atoms with E-state index in [0.717, 1.165) is 11.1 Å². The zero-order valence-electron chi connectivity index (χ0n) is 17.6. The summed E-state index contributed by atoms with van der Waals surface area (Å²) in [5, 5.41) is 11.5. The number of aromatic nitrogens is 2. The van der Waals surface area contributed by atoms with Gasteiger partial charge in [-0.25, -0.2) is 9.97 Å². The molecule has 0 aliphatic carbocycles. The summed E-state index contributed by atoms with van der Waals surface area (Å²) in [4.78, 5) is 20.8. The van der Waals surface area contributed by atoms with Crippen LogP contribution in [0.5, 0.6) is 11.5 Å². The summed E-state index contributed by atoms with van der Waals surface area (Å²) < 4.78 is 11.9. The quantitative estimate of drug-likeness (QED) is 0.428. The van der Waals surface area contributed by atoms with Crippen molar-refractivity contribution in [1.82, 2.24) is 9.97 Å². The van der Waals surface area contributed by atoms with Gasteiger partial charge in [0.15, 0.2) is 0 Å². The molecular weight excluding hydrogens is 416 g/mol. The van der Waals surface area contributed by atoms with E-state index in [1.807, 2.05) is 66.7 Å². The van der Waals surface area contributed by atoms with Crippen molar-refractivity contribution >= 4 is 11.9 Å². The lowest BCUT2D eigenvalue weighted by Crippen LogP contribution is -2.14. The molecule has 0 spiro atoms. The summed E-state index contributed by atoms with van der Waals surface area (Å²) in [5.74, 6) is 0.668. The third-order valence-corrected chi connectivity index (χ3v) is 4.65. The number of benzene rings is 3. The number of hydrogen-bond acceptors (Lipinski definition) is 6. The summed E-state index contributed by atoms with van der Waals surface area (Å²) in [6.07, 6.45) is 2.69. The molecule has 3 aromatic carbocycles. The van der Waals surface area contributed by atoms with Crippen LogP contribution < -0.4 is 14.8 Å². The Morgan fingerprint density at radius 3 is 1.82 bits per heavy atom. The highest BCUT2D eigenvalue weighted by Crippen LogP contribution is 2.25. The van der Waals surface area contributed by atoms with Crippen molar-refractivity contribution in [3.8, 4) is 17.6 Å². The van der Waals surface area contributed by atoms with Crippen molar-refractivity contribution in [3.05, 3.63) is 114 Å². The van der Waals surface area contributed by atoms with E-state index in [9.17, 15) is 4.79 Å². The highest BCUT2D eigenvalue weighted by atomic mass is 16.5. The molecule has 0 atom stereocenters. The van der Waals surface area contributed by atoms with Crippen molar-refractivity contribution in [2.45, 2.75) is 13.2 Å². The molecule has 4 aromatic rings. The fourth-order valence-electron chi connectivity index (χ4n) is 2.98.